The average molecular weight is 350 g/mol. The molecule has 0 radical (unpaired) electrons. The van der Waals surface area contributed by atoms with Crippen molar-refractivity contribution in [3.8, 4) is 0 Å². The van der Waals surface area contributed by atoms with Gasteiger partial charge in [-0.1, -0.05) is 6.07 Å². The van der Waals surface area contributed by atoms with Crippen molar-refractivity contribution < 1.29 is 14.0 Å². The molecule has 1 N–H and O–H groups in total. The number of nitrogens with zero attached hydrogens (tertiary/aromatic N) is 1. The summed E-state index contributed by atoms with van der Waals surface area (Å²) in [4.78, 5) is 26.0. The Labute approximate surface area is 152 Å². The van der Waals surface area contributed by atoms with Crippen LogP contribution in [0.1, 0.15) is 27.0 Å². The van der Waals surface area contributed by atoms with Crippen LogP contribution in [0.15, 0.2) is 47.1 Å². The van der Waals surface area contributed by atoms with Crippen LogP contribution in [0, 0.1) is 13.8 Å². The highest BCUT2D eigenvalue weighted by Gasteiger charge is 2.13. The number of nitrogens with one attached hydrogen (secondary N) is 1. The maximum Gasteiger partial charge on any atom is 0.253 e. The quantitative estimate of drug-likeness (QED) is 0.775. The Morgan fingerprint density at radius 1 is 1.08 bits per heavy atom. The van der Waals surface area contributed by atoms with Crippen LogP contribution in [0.25, 0.3) is 11.0 Å². The molecule has 0 saturated carbocycles. The number of hydrogen-bond acceptors (Lipinski definition) is 3. The minimum Gasteiger partial charge on any atom is -0.464 e. The van der Waals surface area contributed by atoms with Gasteiger partial charge in [-0.15, -0.1) is 0 Å². The van der Waals surface area contributed by atoms with E-state index in [4.69, 9.17) is 4.42 Å². The van der Waals surface area contributed by atoms with Gasteiger partial charge in [-0.25, -0.2) is 0 Å². The molecule has 2 aromatic carbocycles. The minimum absolute atomic E-state index is 0.104. The van der Waals surface area contributed by atoms with Crippen molar-refractivity contribution in [1.29, 1.82) is 0 Å². The summed E-state index contributed by atoms with van der Waals surface area (Å²) >= 11 is 0. The van der Waals surface area contributed by atoms with E-state index in [-0.39, 0.29) is 18.2 Å². The second-order valence-electron chi connectivity index (χ2n) is 6.70. The molecule has 0 fully saturated rings. The molecule has 134 valence electrons. The highest BCUT2D eigenvalue weighted by molar-refractivity contribution is 5.98. The first kappa shape index (κ1) is 17.7. The Kier molecular flexibility index (Phi) is 4.80. The van der Waals surface area contributed by atoms with E-state index in [1.54, 1.807) is 44.6 Å². The average Bonchev–Trinajstić information content (AvgIpc) is 2.96. The van der Waals surface area contributed by atoms with E-state index in [1.165, 1.54) is 4.90 Å². The van der Waals surface area contributed by atoms with Gasteiger partial charge < -0.3 is 14.6 Å². The van der Waals surface area contributed by atoms with Gasteiger partial charge >= 0.3 is 0 Å². The first-order valence-electron chi connectivity index (χ1n) is 8.44. The van der Waals surface area contributed by atoms with Gasteiger partial charge in [0, 0.05) is 36.3 Å². The molecule has 0 bridgehead atoms. The lowest BCUT2D eigenvalue weighted by atomic mass is 10.0. The zero-order valence-electron chi connectivity index (χ0n) is 15.4. The summed E-state index contributed by atoms with van der Waals surface area (Å²) in [5, 5.41) is 3.81. The third kappa shape index (κ3) is 3.61. The van der Waals surface area contributed by atoms with Gasteiger partial charge in [0.2, 0.25) is 5.91 Å². The van der Waals surface area contributed by atoms with Gasteiger partial charge in [0.1, 0.15) is 5.58 Å². The van der Waals surface area contributed by atoms with Crippen LogP contribution in [0.2, 0.25) is 0 Å². The predicted molar refractivity (Wildman–Crippen MR) is 102 cm³/mol. The van der Waals surface area contributed by atoms with E-state index < -0.39 is 0 Å². The Bertz CT molecular complexity index is 986. The lowest BCUT2D eigenvalue weighted by Gasteiger charge is -2.11. The van der Waals surface area contributed by atoms with Crippen molar-refractivity contribution in [3.05, 3.63) is 64.9 Å². The van der Waals surface area contributed by atoms with Crippen molar-refractivity contribution in [2.75, 3.05) is 19.4 Å². The van der Waals surface area contributed by atoms with Crippen LogP contribution in [-0.2, 0) is 11.2 Å². The van der Waals surface area contributed by atoms with Crippen LogP contribution in [0.3, 0.4) is 0 Å². The minimum atomic E-state index is -0.152. The summed E-state index contributed by atoms with van der Waals surface area (Å²) in [5.41, 5.74) is 5.09. The summed E-state index contributed by atoms with van der Waals surface area (Å²) in [6.45, 7) is 4.07. The number of anilines is 1. The third-order valence-corrected chi connectivity index (χ3v) is 4.42. The van der Waals surface area contributed by atoms with Crippen LogP contribution < -0.4 is 5.32 Å². The fraction of sp³-hybridized carbons (Fsp3) is 0.238. The number of rotatable bonds is 4. The highest BCUT2D eigenvalue weighted by Crippen LogP contribution is 2.25. The first-order valence-corrected chi connectivity index (χ1v) is 8.44. The number of carbonyl (C=O) groups excluding carboxylic acids is 2. The molecule has 5 heteroatoms. The van der Waals surface area contributed by atoms with Gasteiger partial charge in [-0.05, 0) is 55.3 Å². The third-order valence-electron chi connectivity index (χ3n) is 4.42. The van der Waals surface area contributed by atoms with E-state index in [0.29, 0.717) is 11.3 Å². The van der Waals surface area contributed by atoms with E-state index in [2.05, 4.69) is 5.32 Å². The molecule has 0 atom stereocenters. The standard InChI is InChI=1S/C21H22N2O3/c1-13-8-18-16(12-26-19(18)9-14(13)2)11-20(24)22-17-7-5-6-15(10-17)21(25)23(3)4/h5-10,12H,11H2,1-4H3,(H,22,24). The van der Waals surface area contributed by atoms with Crippen molar-refractivity contribution in [1.82, 2.24) is 4.90 Å². The number of aryl methyl sites for hydroxylation is 2. The fourth-order valence-corrected chi connectivity index (χ4v) is 2.84. The smallest absolute Gasteiger partial charge is 0.253 e. The first-order chi connectivity index (χ1) is 12.3. The molecular weight excluding hydrogens is 328 g/mol. The summed E-state index contributed by atoms with van der Waals surface area (Å²) in [5.74, 6) is -0.256. The zero-order chi connectivity index (χ0) is 18.8. The van der Waals surface area contributed by atoms with Gasteiger partial charge in [0.25, 0.3) is 5.91 Å². The van der Waals surface area contributed by atoms with Crippen molar-refractivity contribution >= 4 is 28.5 Å². The van der Waals surface area contributed by atoms with E-state index in [0.717, 1.165) is 27.7 Å². The fourth-order valence-electron chi connectivity index (χ4n) is 2.84. The maximum absolute atomic E-state index is 12.4. The zero-order valence-corrected chi connectivity index (χ0v) is 15.4. The van der Waals surface area contributed by atoms with Gasteiger partial charge in [0.05, 0.1) is 12.7 Å². The van der Waals surface area contributed by atoms with Crippen molar-refractivity contribution in [3.63, 3.8) is 0 Å². The Balaban J connectivity index is 1.77. The predicted octanol–water partition coefficient (Wildman–Crippen LogP) is 3.93. The topological polar surface area (TPSA) is 62.6 Å². The molecule has 0 aliphatic rings. The monoisotopic (exact) mass is 350 g/mol. The molecule has 0 unspecified atom stereocenters. The number of fused-ring (bicyclic) bond motifs is 1. The Morgan fingerprint density at radius 2 is 1.81 bits per heavy atom. The van der Waals surface area contributed by atoms with E-state index >= 15 is 0 Å². The van der Waals surface area contributed by atoms with E-state index in [1.807, 2.05) is 26.0 Å². The largest absolute Gasteiger partial charge is 0.464 e. The lowest BCUT2D eigenvalue weighted by molar-refractivity contribution is -0.115. The number of amides is 2. The molecule has 0 aliphatic heterocycles. The molecule has 1 aromatic heterocycles. The maximum atomic E-state index is 12.4. The van der Waals surface area contributed by atoms with Crippen LogP contribution in [0.4, 0.5) is 5.69 Å². The second-order valence-corrected chi connectivity index (χ2v) is 6.70. The molecule has 2 amide bonds. The van der Waals surface area contributed by atoms with Crippen LogP contribution in [0.5, 0.6) is 0 Å². The SMILES string of the molecule is Cc1cc2occ(CC(=O)Nc3cccc(C(=O)N(C)C)c3)c2cc1C. The molecule has 26 heavy (non-hydrogen) atoms. The lowest BCUT2D eigenvalue weighted by Crippen LogP contribution is -2.22. The second kappa shape index (κ2) is 7.04. The number of carbonyl (C=O) groups is 2. The van der Waals surface area contributed by atoms with Crippen LogP contribution >= 0.6 is 0 Å². The molecule has 5 nitrogen and oxygen atoms in total. The molecule has 0 spiro atoms. The van der Waals surface area contributed by atoms with Gasteiger partial charge in [0.15, 0.2) is 0 Å². The molecule has 3 aromatic rings. The number of hydrogen-bond donors (Lipinski definition) is 1. The Hall–Kier alpha value is -3.08. The highest BCUT2D eigenvalue weighted by atomic mass is 16.3. The molecule has 0 saturated heterocycles. The molecule has 0 aliphatic carbocycles. The molecule has 3 rings (SSSR count). The van der Waals surface area contributed by atoms with Gasteiger partial charge in [-0.3, -0.25) is 9.59 Å². The van der Waals surface area contributed by atoms with Crippen molar-refractivity contribution in [2.24, 2.45) is 0 Å². The van der Waals surface area contributed by atoms with Crippen LogP contribution in [-0.4, -0.2) is 30.8 Å². The normalized spacial score (nSPS) is 10.8. The van der Waals surface area contributed by atoms with Crippen molar-refractivity contribution in [2.45, 2.75) is 20.3 Å². The summed E-state index contributed by atoms with van der Waals surface area (Å²) in [6.07, 6.45) is 1.84. The Morgan fingerprint density at radius 3 is 2.54 bits per heavy atom. The van der Waals surface area contributed by atoms with Gasteiger partial charge in [-0.2, -0.15) is 0 Å². The number of benzene rings is 2. The summed E-state index contributed by atoms with van der Waals surface area (Å²) in [7, 11) is 3.39. The summed E-state index contributed by atoms with van der Waals surface area (Å²) < 4.78 is 5.58. The number of furan rings is 1. The molecule has 1 heterocycles. The van der Waals surface area contributed by atoms with E-state index in [9.17, 15) is 9.59 Å². The summed E-state index contributed by atoms with van der Waals surface area (Å²) in [6, 6.07) is 11.0. The molecular formula is C21H22N2O3.